The predicted molar refractivity (Wildman–Crippen MR) is 101 cm³/mol. The van der Waals surface area contributed by atoms with Crippen molar-refractivity contribution < 1.29 is 9.47 Å². The minimum Gasteiger partial charge on any atom is -0.497 e. The van der Waals surface area contributed by atoms with Crippen molar-refractivity contribution in [3.05, 3.63) is 59.7 Å². The number of hydrazone groups is 1. The molecule has 24 heavy (non-hydrogen) atoms. The molecule has 126 valence electrons. The molecule has 0 spiro atoms. The summed E-state index contributed by atoms with van der Waals surface area (Å²) in [6, 6.07) is 15.6. The van der Waals surface area contributed by atoms with E-state index >= 15 is 0 Å². The molecule has 5 nitrogen and oxygen atoms in total. The minimum atomic E-state index is 0.458. The van der Waals surface area contributed by atoms with Crippen molar-refractivity contribution in [1.29, 1.82) is 0 Å². The van der Waals surface area contributed by atoms with E-state index < -0.39 is 0 Å². The second-order valence-electron chi connectivity index (χ2n) is 5.04. The molecule has 0 amide bonds. The highest BCUT2D eigenvalue weighted by Crippen LogP contribution is 2.24. The van der Waals surface area contributed by atoms with Gasteiger partial charge < -0.3 is 14.8 Å². The Bertz CT molecular complexity index is 717. The lowest BCUT2D eigenvalue weighted by atomic mass is 10.1. The summed E-state index contributed by atoms with van der Waals surface area (Å²) >= 11 is 5.25. The van der Waals surface area contributed by atoms with Crippen LogP contribution in [0.3, 0.4) is 0 Å². The monoisotopic (exact) mass is 343 g/mol. The summed E-state index contributed by atoms with van der Waals surface area (Å²) < 4.78 is 10.6. The molecule has 0 bridgehead atoms. The molecule has 0 fully saturated rings. The molecule has 2 N–H and O–H groups in total. The van der Waals surface area contributed by atoms with Gasteiger partial charge in [0.2, 0.25) is 0 Å². The first kappa shape index (κ1) is 17.7. The summed E-state index contributed by atoms with van der Waals surface area (Å²) in [6.45, 7) is 2.52. The van der Waals surface area contributed by atoms with Crippen molar-refractivity contribution in [2.45, 2.75) is 13.5 Å². The van der Waals surface area contributed by atoms with Crippen LogP contribution in [-0.4, -0.2) is 25.0 Å². The van der Waals surface area contributed by atoms with Gasteiger partial charge in [0, 0.05) is 12.1 Å². The fourth-order valence-corrected chi connectivity index (χ4v) is 2.23. The van der Waals surface area contributed by atoms with Crippen LogP contribution in [0.25, 0.3) is 0 Å². The largest absolute Gasteiger partial charge is 0.497 e. The second-order valence-corrected chi connectivity index (χ2v) is 5.45. The number of thiocarbonyl (C=S) groups is 1. The van der Waals surface area contributed by atoms with Gasteiger partial charge in [-0.3, -0.25) is 5.43 Å². The van der Waals surface area contributed by atoms with E-state index in [9.17, 15) is 0 Å². The Kier molecular flexibility index (Phi) is 6.57. The number of methoxy groups -OCH3 is 2. The van der Waals surface area contributed by atoms with Gasteiger partial charge in [0.1, 0.15) is 11.5 Å². The van der Waals surface area contributed by atoms with E-state index in [-0.39, 0.29) is 0 Å². The fraction of sp³-hybridized carbons (Fsp3) is 0.222. The van der Waals surface area contributed by atoms with Gasteiger partial charge >= 0.3 is 0 Å². The van der Waals surface area contributed by atoms with Gasteiger partial charge in [0.15, 0.2) is 5.11 Å². The first-order valence-corrected chi connectivity index (χ1v) is 7.89. The zero-order valence-corrected chi connectivity index (χ0v) is 14.8. The fourth-order valence-electron chi connectivity index (χ4n) is 2.11. The average molecular weight is 343 g/mol. The molecule has 0 aliphatic heterocycles. The molecule has 2 rings (SSSR count). The molecule has 2 aromatic rings. The number of hydrogen-bond donors (Lipinski definition) is 2. The third-order valence-electron chi connectivity index (χ3n) is 3.42. The van der Waals surface area contributed by atoms with E-state index in [2.05, 4.69) is 15.8 Å². The number of rotatable bonds is 6. The molecular formula is C18H21N3O2S. The van der Waals surface area contributed by atoms with Gasteiger partial charge in [-0.05, 0) is 42.9 Å². The van der Waals surface area contributed by atoms with Crippen molar-refractivity contribution in [3.63, 3.8) is 0 Å². The van der Waals surface area contributed by atoms with Crippen LogP contribution in [0.15, 0.2) is 53.6 Å². The van der Waals surface area contributed by atoms with Crippen LogP contribution < -0.4 is 20.2 Å². The van der Waals surface area contributed by atoms with Crippen molar-refractivity contribution in [3.8, 4) is 11.5 Å². The normalized spacial score (nSPS) is 10.9. The molecule has 0 aliphatic rings. The first-order chi connectivity index (χ1) is 11.6. The Morgan fingerprint density at radius 3 is 2.50 bits per heavy atom. The summed E-state index contributed by atoms with van der Waals surface area (Å²) in [6.07, 6.45) is 0. The smallest absolute Gasteiger partial charge is 0.187 e. The minimum absolute atomic E-state index is 0.458. The maximum atomic E-state index is 5.37. The number of nitrogens with one attached hydrogen (secondary N) is 2. The topological polar surface area (TPSA) is 54.9 Å². The van der Waals surface area contributed by atoms with E-state index in [0.29, 0.717) is 11.7 Å². The second kappa shape index (κ2) is 8.88. The summed E-state index contributed by atoms with van der Waals surface area (Å²) in [7, 11) is 3.25. The van der Waals surface area contributed by atoms with Crippen LogP contribution in [0.4, 0.5) is 0 Å². The molecular weight excluding hydrogens is 322 g/mol. The lowest BCUT2D eigenvalue weighted by Gasteiger charge is -2.11. The van der Waals surface area contributed by atoms with Crippen LogP contribution in [0.1, 0.15) is 18.1 Å². The number of ether oxygens (including phenoxy) is 2. The van der Waals surface area contributed by atoms with Crippen molar-refractivity contribution in [2.24, 2.45) is 5.10 Å². The summed E-state index contributed by atoms with van der Waals surface area (Å²) in [5.41, 5.74) is 5.59. The van der Waals surface area contributed by atoms with E-state index in [1.54, 1.807) is 14.2 Å². The standard InChI is InChI=1S/C18H21N3O2S/c1-13(16-11-15(22-2)9-10-17(16)23-3)20-21-18(24)19-12-14-7-5-4-6-8-14/h4-11H,12H2,1-3H3,(H2,19,21,24). The first-order valence-electron chi connectivity index (χ1n) is 7.48. The molecule has 0 unspecified atom stereocenters. The molecule has 0 aliphatic carbocycles. The Balaban J connectivity index is 1.99. The van der Waals surface area contributed by atoms with Crippen LogP contribution in [0.5, 0.6) is 11.5 Å². The number of benzene rings is 2. The van der Waals surface area contributed by atoms with Crippen LogP contribution >= 0.6 is 12.2 Å². The summed E-state index contributed by atoms with van der Waals surface area (Å²) in [5, 5.41) is 7.89. The molecule has 0 radical (unpaired) electrons. The lowest BCUT2D eigenvalue weighted by Crippen LogP contribution is -2.32. The SMILES string of the molecule is COc1ccc(OC)c(C(C)=NNC(=S)NCc2ccccc2)c1. The van der Waals surface area contributed by atoms with Gasteiger partial charge in [-0.25, -0.2) is 0 Å². The Morgan fingerprint density at radius 2 is 1.83 bits per heavy atom. The van der Waals surface area contributed by atoms with E-state index in [1.165, 1.54) is 0 Å². The molecule has 2 aromatic carbocycles. The molecule has 0 saturated heterocycles. The van der Waals surface area contributed by atoms with Gasteiger partial charge in [-0.2, -0.15) is 5.10 Å². The van der Waals surface area contributed by atoms with E-state index in [1.807, 2.05) is 55.5 Å². The Labute approximate surface area is 147 Å². The lowest BCUT2D eigenvalue weighted by molar-refractivity contribution is 0.402. The maximum absolute atomic E-state index is 5.37. The van der Waals surface area contributed by atoms with Gasteiger partial charge in [0.05, 0.1) is 19.9 Å². The molecule has 0 aromatic heterocycles. The van der Waals surface area contributed by atoms with Crippen molar-refractivity contribution >= 4 is 23.0 Å². The zero-order valence-electron chi connectivity index (χ0n) is 14.0. The quantitative estimate of drug-likeness (QED) is 0.480. The predicted octanol–water partition coefficient (Wildman–Crippen LogP) is 3.09. The van der Waals surface area contributed by atoms with Crippen LogP contribution in [-0.2, 0) is 6.54 Å². The van der Waals surface area contributed by atoms with E-state index in [4.69, 9.17) is 21.7 Å². The molecule has 6 heteroatoms. The van der Waals surface area contributed by atoms with Crippen molar-refractivity contribution in [1.82, 2.24) is 10.7 Å². The molecule has 0 heterocycles. The summed E-state index contributed by atoms with van der Waals surface area (Å²) in [5.74, 6) is 1.46. The third-order valence-corrected chi connectivity index (χ3v) is 3.65. The van der Waals surface area contributed by atoms with Crippen molar-refractivity contribution in [2.75, 3.05) is 14.2 Å². The van der Waals surface area contributed by atoms with Gasteiger partial charge in [-0.15, -0.1) is 0 Å². The molecule has 0 saturated carbocycles. The van der Waals surface area contributed by atoms with Crippen LogP contribution in [0, 0.1) is 0 Å². The van der Waals surface area contributed by atoms with E-state index in [0.717, 1.165) is 28.3 Å². The maximum Gasteiger partial charge on any atom is 0.187 e. The molecule has 0 atom stereocenters. The van der Waals surface area contributed by atoms with Gasteiger partial charge in [-0.1, -0.05) is 30.3 Å². The highest BCUT2D eigenvalue weighted by atomic mass is 32.1. The van der Waals surface area contributed by atoms with Crippen LogP contribution in [0.2, 0.25) is 0 Å². The number of hydrogen-bond acceptors (Lipinski definition) is 4. The average Bonchev–Trinajstić information content (AvgIpc) is 2.64. The number of nitrogens with zero attached hydrogens (tertiary/aromatic N) is 1. The Morgan fingerprint density at radius 1 is 1.08 bits per heavy atom. The highest BCUT2D eigenvalue weighted by Gasteiger charge is 2.08. The summed E-state index contributed by atoms with van der Waals surface area (Å²) in [4.78, 5) is 0. The van der Waals surface area contributed by atoms with Gasteiger partial charge in [0.25, 0.3) is 0 Å². The Hall–Kier alpha value is -2.60. The highest BCUT2D eigenvalue weighted by molar-refractivity contribution is 7.80. The zero-order chi connectivity index (χ0) is 17.4. The third kappa shape index (κ3) is 4.96.